The Kier molecular flexibility index (Phi) is 4.94. The van der Waals surface area contributed by atoms with Crippen LogP contribution in [0.3, 0.4) is 0 Å². The summed E-state index contributed by atoms with van der Waals surface area (Å²) in [5, 5.41) is 19.4. The van der Waals surface area contributed by atoms with Crippen molar-refractivity contribution >= 4 is 17.7 Å². The minimum atomic E-state index is -1.06. The second-order valence-electron chi connectivity index (χ2n) is 4.85. The van der Waals surface area contributed by atoms with Gasteiger partial charge in [-0.2, -0.15) is 0 Å². The lowest BCUT2D eigenvalue weighted by molar-refractivity contribution is -0.479. The van der Waals surface area contributed by atoms with Gasteiger partial charge in [-0.15, -0.1) is 11.8 Å². The molecule has 19 heavy (non-hydrogen) atoms. The third-order valence-corrected chi connectivity index (χ3v) is 4.19. The van der Waals surface area contributed by atoms with Crippen LogP contribution in [-0.2, 0) is 4.79 Å². The number of aliphatic carboxylic acids is 1. The van der Waals surface area contributed by atoms with Crippen LogP contribution in [0.2, 0.25) is 0 Å². The van der Waals surface area contributed by atoms with Gasteiger partial charge in [-0.1, -0.05) is 29.8 Å². The molecule has 5 nitrogen and oxygen atoms in total. The van der Waals surface area contributed by atoms with Crippen molar-refractivity contribution in [2.24, 2.45) is 0 Å². The van der Waals surface area contributed by atoms with Crippen LogP contribution in [0.5, 0.6) is 0 Å². The standard InChI is InChI=1S/C13H17NO4S/c1-9-4-6-10(7-5-9)11(8-14(17)18)19-13(2,3)12(15)16/h4-7,11H,8H2,1-3H3,(H,15,16). The molecule has 104 valence electrons. The molecule has 0 spiro atoms. The number of nitrogens with zero attached hydrogens (tertiary/aromatic N) is 1. The molecule has 0 amide bonds. The summed E-state index contributed by atoms with van der Waals surface area (Å²) < 4.78 is -1.06. The summed E-state index contributed by atoms with van der Waals surface area (Å²) in [4.78, 5) is 21.5. The maximum Gasteiger partial charge on any atom is 0.319 e. The molecule has 0 fully saturated rings. The van der Waals surface area contributed by atoms with Gasteiger partial charge >= 0.3 is 5.97 Å². The molecule has 1 unspecified atom stereocenters. The normalized spacial score (nSPS) is 13.0. The average Bonchev–Trinajstić information content (AvgIpc) is 2.27. The summed E-state index contributed by atoms with van der Waals surface area (Å²) in [5.41, 5.74) is 1.84. The fourth-order valence-electron chi connectivity index (χ4n) is 1.53. The predicted molar refractivity (Wildman–Crippen MR) is 75.1 cm³/mol. The Morgan fingerprint density at radius 3 is 2.37 bits per heavy atom. The Morgan fingerprint density at radius 1 is 1.42 bits per heavy atom. The van der Waals surface area contributed by atoms with E-state index in [-0.39, 0.29) is 6.54 Å². The minimum Gasteiger partial charge on any atom is -0.480 e. The van der Waals surface area contributed by atoms with Crippen molar-refractivity contribution in [3.8, 4) is 0 Å². The third kappa shape index (κ3) is 4.55. The number of hydrogen-bond donors (Lipinski definition) is 1. The van der Waals surface area contributed by atoms with Gasteiger partial charge < -0.3 is 5.11 Å². The van der Waals surface area contributed by atoms with E-state index in [4.69, 9.17) is 5.11 Å². The van der Waals surface area contributed by atoms with E-state index < -0.39 is 20.9 Å². The van der Waals surface area contributed by atoms with Gasteiger partial charge in [0.2, 0.25) is 6.54 Å². The van der Waals surface area contributed by atoms with Crippen molar-refractivity contribution in [1.29, 1.82) is 0 Å². The quantitative estimate of drug-likeness (QED) is 0.641. The zero-order chi connectivity index (χ0) is 14.6. The van der Waals surface area contributed by atoms with Crippen LogP contribution in [-0.4, -0.2) is 27.3 Å². The number of hydrogen-bond acceptors (Lipinski definition) is 4. The highest BCUT2D eigenvalue weighted by Crippen LogP contribution is 2.39. The molecule has 0 saturated heterocycles. The van der Waals surface area contributed by atoms with Crippen LogP contribution < -0.4 is 0 Å². The molecular formula is C13H17NO4S. The fraction of sp³-hybridized carbons (Fsp3) is 0.462. The molecule has 1 aromatic rings. The van der Waals surface area contributed by atoms with Gasteiger partial charge in [0.1, 0.15) is 4.75 Å². The molecule has 0 aliphatic rings. The van der Waals surface area contributed by atoms with E-state index in [1.54, 1.807) is 13.8 Å². The van der Waals surface area contributed by atoms with Crippen LogP contribution in [0.1, 0.15) is 30.2 Å². The SMILES string of the molecule is Cc1ccc(C(C[N+](=O)[O-])SC(C)(C)C(=O)O)cc1. The average molecular weight is 283 g/mol. The van der Waals surface area contributed by atoms with Crippen molar-refractivity contribution < 1.29 is 14.8 Å². The maximum absolute atomic E-state index is 11.1. The highest BCUT2D eigenvalue weighted by atomic mass is 32.2. The lowest BCUT2D eigenvalue weighted by atomic mass is 10.1. The molecule has 0 saturated carbocycles. The van der Waals surface area contributed by atoms with E-state index >= 15 is 0 Å². The summed E-state index contributed by atoms with van der Waals surface area (Å²) in [6.07, 6.45) is 0. The maximum atomic E-state index is 11.1. The van der Waals surface area contributed by atoms with Crippen LogP contribution >= 0.6 is 11.8 Å². The van der Waals surface area contributed by atoms with Crippen LogP contribution in [0.25, 0.3) is 0 Å². The molecule has 1 atom stereocenters. The van der Waals surface area contributed by atoms with Gasteiger partial charge in [-0.05, 0) is 26.3 Å². The van der Waals surface area contributed by atoms with Crippen molar-refractivity contribution in [3.63, 3.8) is 0 Å². The Bertz CT molecular complexity index is 470. The highest BCUT2D eigenvalue weighted by Gasteiger charge is 2.34. The van der Waals surface area contributed by atoms with Crippen LogP contribution in [0.15, 0.2) is 24.3 Å². The Hall–Kier alpha value is -1.56. The first-order chi connectivity index (χ1) is 8.72. The third-order valence-electron chi connectivity index (χ3n) is 2.72. The van der Waals surface area contributed by atoms with Gasteiger partial charge in [0.05, 0.1) is 5.25 Å². The van der Waals surface area contributed by atoms with Gasteiger partial charge in [-0.3, -0.25) is 14.9 Å². The summed E-state index contributed by atoms with van der Waals surface area (Å²) >= 11 is 1.10. The van der Waals surface area contributed by atoms with Gasteiger partial charge in [0.25, 0.3) is 0 Å². The molecular weight excluding hydrogens is 266 g/mol. The number of nitro groups is 1. The first kappa shape index (κ1) is 15.5. The second kappa shape index (κ2) is 6.06. The lowest BCUT2D eigenvalue weighted by Crippen LogP contribution is -2.29. The largest absolute Gasteiger partial charge is 0.480 e. The van der Waals surface area contributed by atoms with Crippen LogP contribution in [0, 0.1) is 17.0 Å². The number of aryl methyl sites for hydroxylation is 1. The Balaban J connectivity index is 2.98. The van der Waals surface area contributed by atoms with E-state index in [0.717, 1.165) is 22.9 Å². The topological polar surface area (TPSA) is 80.4 Å². The summed E-state index contributed by atoms with van der Waals surface area (Å²) in [6, 6.07) is 7.37. The molecule has 1 aromatic carbocycles. The number of carbonyl (C=O) groups is 1. The minimum absolute atomic E-state index is 0.287. The van der Waals surface area contributed by atoms with E-state index in [0.29, 0.717) is 0 Å². The molecule has 0 aliphatic heterocycles. The molecule has 1 N–H and O–H groups in total. The summed E-state index contributed by atoms with van der Waals surface area (Å²) in [7, 11) is 0. The van der Waals surface area contributed by atoms with Gasteiger partial charge in [0, 0.05) is 4.92 Å². The molecule has 0 bridgehead atoms. The highest BCUT2D eigenvalue weighted by molar-refractivity contribution is 8.01. The Labute approximate surface area is 116 Å². The van der Waals surface area contributed by atoms with Crippen LogP contribution in [0.4, 0.5) is 0 Å². The number of carboxylic acids is 1. The predicted octanol–water partition coefficient (Wildman–Crippen LogP) is 2.91. The molecule has 6 heteroatoms. The van der Waals surface area contributed by atoms with E-state index in [2.05, 4.69) is 0 Å². The van der Waals surface area contributed by atoms with Crippen molar-refractivity contribution in [3.05, 3.63) is 45.5 Å². The lowest BCUT2D eigenvalue weighted by Gasteiger charge is -2.23. The molecule has 0 aliphatic carbocycles. The second-order valence-corrected chi connectivity index (χ2v) is 6.67. The van der Waals surface area contributed by atoms with E-state index in [1.807, 2.05) is 31.2 Å². The first-order valence-electron chi connectivity index (χ1n) is 5.82. The number of rotatable bonds is 6. The monoisotopic (exact) mass is 283 g/mol. The van der Waals surface area contributed by atoms with Crippen molar-refractivity contribution in [2.75, 3.05) is 6.54 Å². The number of thioether (sulfide) groups is 1. The zero-order valence-electron chi connectivity index (χ0n) is 11.1. The van der Waals surface area contributed by atoms with Crippen molar-refractivity contribution in [1.82, 2.24) is 0 Å². The molecule has 0 heterocycles. The van der Waals surface area contributed by atoms with E-state index in [9.17, 15) is 14.9 Å². The van der Waals surface area contributed by atoms with Gasteiger partial charge in [-0.25, -0.2) is 0 Å². The molecule has 0 aromatic heterocycles. The number of benzene rings is 1. The molecule has 1 rings (SSSR count). The molecule has 0 radical (unpaired) electrons. The van der Waals surface area contributed by atoms with Crippen molar-refractivity contribution in [2.45, 2.75) is 30.8 Å². The smallest absolute Gasteiger partial charge is 0.319 e. The Morgan fingerprint density at radius 2 is 1.95 bits per heavy atom. The van der Waals surface area contributed by atoms with Gasteiger partial charge in [0.15, 0.2) is 0 Å². The zero-order valence-corrected chi connectivity index (χ0v) is 11.9. The number of carboxylic acid groups (broad SMARTS) is 1. The summed E-state index contributed by atoms with van der Waals surface area (Å²) in [5.74, 6) is -0.974. The summed E-state index contributed by atoms with van der Waals surface area (Å²) in [6.45, 7) is 4.76. The van der Waals surface area contributed by atoms with E-state index in [1.165, 1.54) is 0 Å². The first-order valence-corrected chi connectivity index (χ1v) is 6.70. The fourth-order valence-corrected chi connectivity index (χ4v) is 2.83.